The lowest BCUT2D eigenvalue weighted by molar-refractivity contribution is -0.125. The summed E-state index contributed by atoms with van der Waals surface area (Å²) in [5, 5.41) is 6.60. The molecule has 1 fully saturated rings. The van der Waals surface area contributed by atoms with Crippen molar-refractivity contribution in [1.29, 1.82) is 0 Å². The van der Waals surface area contributed by atoms with Crippen LogP contribution in [0.3, 0.4) is 0 Å². The molecule has 0 saturated carbocycles. The zero-order valence-electron chi connectivity index (χ0n) is 16.3. The van der Waals surface area contributed by atoms with E-state index < -0.39 is 22.0 Å². The molecule has 0 radical (unpaired) electrons. The van der Waals surface area contributed by atoms with E-state index in [2.05, 4.69) is 10.5 Å². The van der Waals surface area contributed by atoms with Crippen LogP contribution in [-0.2, 0) is 19.7 Å². The second-order valence-corrected chi connectivity index (χ2v) is 9.26. The molecular weight excluding hydrogens is 409 g/mol. The van der Waals surface area contributed by atoms with Crippen LogP contribution in [0.25, 0.3) is 0 Å². The van der Waals surface area contributed by atoms with Crippen LogP contribution in [-0.4, -0.2) is 43.5 Å². The van der Waals surface area contributed by atoms with Gasteiger partial charge in [-0.25, -0.2) is 12.8 Å². The van der Waals surface area contributed by atoms with Crippen LogP contribution in [0.1, 0.15) is 31.2 Å². The van der Waals surface area contributed by atoms with Crippen molar-refractivity contribution in [3.8, 4) is 0 Å². The number of carbonyl (C=O) groups excluding carboxylic acids is 1. The molecule has 2 aliphatic heterocycles. The minimum absolute atomic E-state index is 0.205. The van der Waals surface area contributed by atoms with Crippen molar-refractivity contribution >= 4 is 27.3 Å². The molecule has 2 heterocycles. The minimum atomic E-state index is -3.52. The largest absolute Gasteiger partial charge is 0.382 e. The number of nitrogens with one attached hydrogen (secondary N) is 1. The second kappa shape index (κ2) is 8.53. The van der Waals surface area contributed by atoms with Crippen LogP contribution >= 0.6 is 0 Å². The summed E-state index contributed by atoms with van der Waals surface area (Å²) < 4.78 is 40.3. The Bertz CT molecular complexity index is 1060. The fourth-order valence-corrected chi connectivity index (χ4v) is 5.06. The van der Waals surface area contributed by atoms with E-state index in [9.17, 15) is 17.6 Å². The zero-order chi connectivity index (χ0) is 21.1. The van der Waals surface area contributed by atoms with E-state index in [0.29, 0.717) is 30.1 Å². The lowest BCUT2D eigenvalue weighted by atomic mass is 10.0. The zero-order valence-corrected chi connectivity index (χ0v) is 17.1. The number of piperidine rings is 1. The second-order valence-electron chi connectivity index (χ2n) is 7.32. The first-order valence-electron chi connectivity index (χ1n) is 9.83. The van der Waals surface area contributed by atoms with Gasteiger partial charge in [0.15, 0.2) is 0 Å². The molecule has 1 saturated heterocycles. The van der Waals surface area contributed by atoms with Gasteiger partial charge in [0.1, 0.15) is 5.82 Å². The molecule has 1 N–H and O–H groups in total. The number of sulfonamides is 1. The molecule has 158 valence electrons. The Labute approximate surface area is 174 Å². The first-order chi connectivity index (χ1) is 14.4. The van der Waals surface area contributed by atoms with E-state index in [-0.39, 0.29) is 17.1 Å². The number of hydrogen-bond donors (Lipinski definition) is 1. The monoisotopic (exact) mass is 431 g/mol. The number of carbonyl (C=O) groups is 1. The molecule has 1 atom stereocenters. The third-order valence-corrected chi connectivity index (χ3v) is 7.11. The van der Waals surface area contributed by atoms with Gasteiger partial charge in [0.2, 0.25) is 16.1 Å². The van der Waals surface area contributed by atoms with Crippen molar-refractivity contribution in [1.82, 2.24) is 4.31 Å². The first-order valence-corrected chi connectivity index (χ1v) is 11.3. The van der Waals surface area contributed by atoms with Gasteiger partial charge in [-0.3, -0.25) is 4.79 Å². The van der Waals surface area contributed by atoms with Gasteiger partial charge in [0.25, 0.3) is 5.91 Å². The van der Waals surface area contributed by atoms with Crippen LogP contribution in [0.5, 0.6) is 0 Å². The Kier molecular flexibility index (Phi) is 5.83. The Balaban J connectivity index is 1.37. The van der Waals surface area contributed by atoms with Crippen molar-refractivity contribution in [3.05, 3.63) is 59.9 Å². The summed E-state index contributed by atoms with van der Waals surface area (Å²) in [7, 11) is -3.52. The average molecular weight is 431 g/mol. The van der Waals surface area contributed by atoms with Crippen molar-refractivity contribution in [3.63, 3.8) is 0 Å². The maximum Gasteiger partial charge on any atom is 0.268 e. The van der Waals surface area contributed by atoms with Crippen LogP contribution in [0, 0.1) is 5.82 Å². The van der Waals surface area contributed by atoms with Crippen molar-refractivity contribution < 1.29 is 22.4 Å². The van der Waals surface area contributed by atoms with Gasteiger partial charge < -0.3 is 10.2 Å². The summed E-state index contributed by atoms with van der Waals surface area (Å²) in [5.41, 5.74) is 1.52. The first kappa shape index (κ1) is 20.5. The number of halogens is 1. The number of rotatable bonds is 5. The molecule has 4 rings (SSSR count). The molecule has 30 heavy (non-hydrogen) atoms. The molecule has 0 aliphatic carbocycles. The SMILES string of the molecule is O=C(Nc1ccc(S(=O)(=O)N2CCCCC2)cc1)C1CC(c2cccc(F)c2)=NO1. The third kappa shape index (κ3) is 4.36. The van der Waals surface area contributed by atoms with Crippen molar-refractivity contribution in [2.75, 3.05) is 18.4 Å². The fraction of sp³-hybridized carbons (Fsp3) is 0.333. The molecule has 0 aromatic heterocycles. The van der Waals surface area contributed by atoms with E-state index >= 15 is 0 Å². The third-order valence-electron chi connectivity index (χ3n) is 5.19. The Morgan fingerprint density at radius 3 is 2.53 bits per heavy atom. The van der Waals surface area contributed by atoms with Crippen molar-refractivity contribution in [2.24, 2.45) is 5.16 Å². The molecule has 1 unspecified atom stereocenters. The van der Waals surface area contributed by atoms with E-state index in [1.54, 1.807) is 24.3 Å². The van der Waals surface area contributed by atoms with Gasteiger partial charge in [-0.2, -0.15) is 4.31 Å². The lowest BCUT2D eigenvalue weighted by Gasteiger charge is -2.25. The summed E-state index contributed by atoms with van der Waals surface area (Å²) >= 11 is 0. The van der Waals surface area contributed by atoms with Gasteiger partial charge in [-0.15, -0.1) is 0 Å². The van der Waals surface area contributed by atoms with Gasteiger partial charge in [-0.1, -0.05) is 23.7 Å². The number of benzene rings is 2. The minimum Gasteiger partial charge on any atom is -0.382 e. The number of hydrogen-bond acceptors (Lipinski definition) is 5. The van der Waals surface area contributed by atoms with Gasteiger partial charge in [0.05, 0.1) is 10.6 Å². The Morgan fingerprint density at radius 1 is 1.10 bits per heavy atom. The number of oxime groups is 1. The van der Waals surface area contributed by atoms with E-state index in [1.165, 1.54) is 28.6 Å². The molecule has 2 aromatic carbocycles. The van der Waals surface area contributed by atoms with E-state index in [1.807, 2.05) is 0 Å². The smallest absolute Gasteiger partial charge is 0.268 e. The van der Waals surface area contributed by atoms with Crippen LogP contribution in [0.15, 0.2) is 58.6 Å². The molecule has 2 aromatic rings. The number of nitrogens with zero attached hydrogens (tertiary/aromatic N) is 2. The van der Waals surface area contributed by atoms with Gasteiger partial charge >= 0.3 is 0 Å². The summed E-state index contributed by atoms with van der Waals surface area (Å²) in [6.45, 7) is 1.07. The highest BCUT2D eigenvalue weighted by Gasteiger charge is 2.29. The summed E-state index contributed by atoms with van der Waals surface area (Å²) in [4.78, 5) is 17.9. The van der Waals surface area contributed by atoms with Crippen LogP contribution in [0.4, 0.5) is 10.1 Å². The molecule has 0 spiro atoms. The maximum absolute atomic E-state index is 13.4. The van der Waals surface area contributed by atoms with Gasteiger partial charge in [-0.05, 0) is 49.2 Å². The Hall–Kier alpha value is -2.78. The van der Waals surface area contributed by atoms with Gasteiger partial charge in [0, 0.05) is 30.8 Å². The average Bonchev–Trinajstić information content (AvgIpc) is 3.25. The summed E-state index contributed by atoms with van der Waals surface area (Å²) in [5.74, 6) is -0.792. The van der Waals surface area contributed by atoms with Crippen molar-refractivity contribution in [2.45, 2.75) is 36.7 Å². The highest BCUT2D eigenvalue weighted by molar-refractivity contribution is 7.89. The maximum atomic E-state index is 13.4. The number of amides is 1. The Morgan fingerprint density at radius 2 is 1.83 bits per heavy atom. The lowest BCUT2D eigenvalue weighted by Crippen LogP contribution is -2.35. The highest BCUT2D eigenvalue weighted by Crippen LogP contribution is 2.23. The topological polar surface area (TPSA) is 88.1 Å². The number of anilines is 1. The molecular formula is C21H22FN3O4S. The quantitative estimate of drug-likeness (QED) is 0.788. The predicted molar refractivity (Wildman–Crippen MR) is 110 cm³/mol. The highest BCUT2D eigenvalue weighted by atomic mass is 32.2. The van der Waals surface area contributed by atoms with Crippen LogP contribution < -0.4 is 5.32 Å². The molecule has 9 heteroatoms. The van der Waals surface area contributed by atoms with Crippen LogP contribution in [0.2, 0.25) is 0 Å². The fourth-order valence-electron chi connectivity index (χ4n) is 3.54. The summed E-state index contributed by atoms with van der Waals surface area (Å²) in [6, 6.07) is 12.0. The van der Waals surface area contributed by atoms with E-state index in [4.69, 9.17) is 4.84 Å². The molecule has 0 bridgehead atoms. The molecule has 1 amide bonds. The summed E-state index contributed by atoms with van der Waals surface area (Å²) in [6.07, 6.45) is 2.17. The standard InChI is InChI=1S/C21H22FN3O4S/c22-16-6-4-5-15(13-16)19-14-20(29-24-19)21(26)23-17-7-9-18(10-8-17)30(27,28)25-11-2-1-3-12-25/h4-10,13,20H,1-3,11-12,14H2,(H,23,26). The molecule has 2 aliphatic rings. The predicted octanol–water partition coefficient (Wildman–Crippen LogP) is 3.13. The molecule has 7 nitrogen and oxygen atoms in total. The van der Waals surface area contributed by atoms with E-state index in [0.717, 1.165) is 19.3 Å². The normalized spacial score (nSPS) is 19.8.